The predicted octanol–water partition coefficient (Wildman–Crippen LogP) is 3.60. The Labute approximate surface area is 125 Å². The van der Waals surface area contributed by atoms with Gasteiger partial charge in [0.1, 0.15) is 0 Å². The second-order valence-corrected chi connectivity index (χ2v) is 4.74. The molecule has 0 unspecified atom stereocenters. The normalized spacial score (nSPS) is 10.2. The van der Waals surface area contributed by atoms with E-state index in [1.165, 1.54) is 0 Å². The minimum Gasteiger partial charge on any atom is -0.372 e. The number of carbonyl (C=O) groups excluding carboxylic acids is 2. The van der Waals surface area contributed by atoms with E-state index in [1.807, 2.05) is 18.2 Å². The number of benzene rings is 2. The van der Waals surface area contributed by atoms with Crippen molar-refractivity contribution in [3.63, 3.8) is 0 Å². The molecule has 0 heterocycles. The highest BCUT2D eigenvalue weighted by Crippen LogP contribution is 2.16. The number of hydrogen-bond donors (Lipinski definition) is 0. The van der Waals surface area contributed by atoms with Gasteiger partial charge in [-0.1, -0.05) is 30.3 Å². The zero-order valence-corrected chi connectivity index (χ0v) is 12.4. The van der Waals surface area contributed by atoms with Gasteiger partial charge in [-0.15, -0.1) is 0 Å². The van der Waals surface area contributed by atoms with Crippen molar-refractivity contribution in [2.24, 2.45) is 0 Å². The molecule has 0 radical (unpaired) electrons. The Kier molecular flexibility index (Phi) is 4.88. The summed E-state index contributed by atoms with van der Waals surface area (Å²) < 4.78 is 0. The van der Waals surface area contributed by atoms with Crippen LogP contribution in [-0.2, 0) is 0 Å². The number of ketones is 2. The largest absolute Gasteiger partial charge is 0.372 e. The standard InChI is InChI=1S/C18H19NO2/c1-3-19(4-2)16-12-10-15(11-13-16)18(21)17(20)14-8-6-5-7-9-14/h5-13H,3-4H2,1-2H3. The zero-order valence-electron chi connectivity index (χ0n) is 12.4. The predicted molar refractivity (Wildman–Crippen MR) is 85.1 cm³/mol. The molecule has 0 bridgehead atoms. The number of hydrogen-bond acceptors (Lipinski definition) is 3. The molecule has 3 nitrogen and oxygen atoms in total. The number of anilines is 1. The molecule has 0 amide bonds. The smallest absolute Gasteiger partial charge is 0.233 e. The van der Waals surface area contributed by atoms with E-state index in [4.69, 9.17) is 0 Å². The molecule has 108 valence electrons. The average molecular weight is 281 g/mol. The summed E-state index contributed by atoms with van der Waals surface area (Å²) in [5.41, 5.74) is 1.92. The molecule has 0 aliphatic carbocycles. The molecule has 0 spiro atoms. The van der Waals surface area contributed by atoms with Gasteiger partial charge in [0.15, 0.2) is 0 Å². The summed E-state index contributed by atoms with van der Waals surface area (Å²) in [4.78, 5) is 26.5. The summed E-state index contributed by atoms with van der Waals surface area (Å²) in [5, 5.41) is 0. The maximum absolute atomic E-state index is 12.2. The van der Waals surface area contributed by atoms with Crippen LogP contribution in [0.2, 0.25) is 0 Å². The first kappa shape index (κ1) is 15.0. The topological polar surface area (TPSA) is 37.4 Å². The highest BCUT2D eigenvalue weighted by atomic mass is 16.2. The van der Waals surface area contributed by atoms with Crippen molar-refractivity contribution in [2.75, 3.05) is 18.0 Å². The summed E-state index contributed by atoms with van der Waals surface area (Å²) in [7, 11) is 0. The van der Waals surface area contributed by atoms with E-state index in [2.05, 4.69) is 18.7 Å². The highest BCUT2D eigenvalue weighted by Gasteiger charge is 2.18. The van der Waals surface area contributed by atoms with Gasteiger partial charge >= 0.3 is 0 Å². The van der Waals surface area contributed by atoms with Gasteiger partial charge in [-0.3, -0.25) is 9.59 Å². The molecule has 0 fully saturated rings. The van der Waals surface area contributed by atoms with Gasteiger partial charge in [-0.2, -0.15) is 0 Å². The van der Waals surface area contributed by atoms with Gasteiger partial charge in [-0.05, 0) is 38.1 Å². The fourth-order valence-corrected chi connectivity index (χ4v) is 2.26. The molecule has 2 aromatic rings. The summed E-state index contributed by atoms with van der Waals surface area (Å²) in [5.74, 6) is -0.932. The minimum absolute atomic E-state index is 0.426. The van der Waals surface area contributed by atoms with Crippen molar-refractivity contribution >= 4 is 17.3 Å². The molecule has 2 rings (SSSR count). The maximum atomic E-state index is 12.2. The van der Waals surface area contributed by atoms with Gasteiger partial charge < -0.3 is 4.90 Å². The number of Topliss-reactive ketones (excluding diaryl/α,β-unsaturated/α-hetero) is 2. The fourth-order valence-electron chi connectivity index (χ4n) is 2.26. The van der Waals surface area contributed by atoms with Crippen molar-refractivity contribution in [3.8, 4) is 0 Å². The molecule has 0 N–H and O–H groups in total. The van der Waals surface area contributed by atoms with Crippen LogP contribution in [0.1, 0.15) is 34.6 Å². The summed E-state index contributed by atoms with van der Waals surface area (Å²) in [6, 6.07) is 15.9. The molecule has 0 atom stereocenters. The van der Waals surface area contributed by atoms with Crippen molar-refractivity contribution in [2.45, 2.75) is 13.8 Å². The summed E-state index contributed by atoms with van der Waals surface area (Å²) in [6.45, 7) is 5.99. The van der Waals surface area contributed by atoms with Gasteiger partial charge in [-0.25, -0.2) is 0 Å². The third-order valence-corrected chi connectivity index (χ3v) is 3.50. The average Bonchev–Trinajstić information content (AvgIpc) is 2.56. The Bertz CT molecular complexity index is 613. The van der Waals surface area contributed by atoms with Crippen molar-refractivity contribution in [1.29, 1.82) is 0 Å². The molecule has 0 aliphatic heterocycles. The van der Waals surface area contributed by atoms with Gasteiger partial charge in [0.2, 0.25) is 11.6 Å². The number of nitrogens with zero attached hydrogens (tertiary/aromatic N) is 1. The first-order valence-corrected chi connectivity index (χ1v) is 7.16. The fraction of sp³-hybridized carbons (Fsp3) is 0.222. The Morgan fingerprint density at radius 3 is 1.71 bits per heavy atom. The molecule has 21 heavy (non-hydrogen) atoms. The molecule has 2 aromatic carbocycles. The van der Waals surface area contributed by atoms with E-state index < -0.39 is 11.6 Å². The van der Waals surface area contributed by atoms with Gasteiger partial charge in [0, 0.05) is 29.9 Å². The van der Waals surface area contributed by atoms with E-state index in [-0.39, 0.29) is 0 Å². The first-order valence-electron chi connectivity index (χ1n) is 7.16. The molecule has 0 saturated heterocycles. The quantitative estimate of drug-likeness (QED) is 0.599. The minimum atomic E-state index is -0.466. The van der Waals surface area contributed by atoms with E-state index in [9.17, 15) is 9.59 Å². The third kappa shape index (κ3) is 3.37. The van der Waals surface area contributed by atoms with Crippen molar-refractivity contribution in [3.05, 3.63) is 65.7 Å². The second kappa shape index (κ2) is 6.84. The Hall–Kier alpha value is -2.42. The Morgan fingerprint density at radius 2 is 1.24 bits per heavy atom. The van der Waals surface area contributed by atoms with Crippen LogP contribution in [0.4, 0.5) is 5.69 Å². The monoisotopic (exact) mass is 281 g/mol. The molecular weight excluding hydrogens is 262 g/mol. The van der Waals surface area contributed by atoms with Crippen LogP contribution in [0.25, 0.3) is 0 Å². The first-order chi connectivity index (χ1) is 10.2. The van der Waals surface area contributed by atoms with Crippen LogP contribution >= 0.6 is 0 Å². The van der Waals surface area contributed by atoms with Crippen molar-refractivity contribution < 1.29 is 9.59 Å². The molecule has 0 aliphatic rings. The Morgan fingerprint density at radius 1 is 0.762 bits per heavy atom. The van der Waals surface area contributed by atoms with Gasteiger partial charge in [0.05, 0.1) is 0 Å². The van der Waals surface area contributed by atoms with Crippen LogP contribution in [-0.4, -0.2) is 24.7 Å². The van der Waals surface area contributed by atoms with Crippen LogP contribution in [0.5, 0.6) is 0 Å². The summed E-state index contributed by atoms with van der Waals surface area (Å²) >= 11 is 0. The lowest BCUT2D eigenvalue weighted by Crippen LogP contribution is -2.22. The molecular formula is C18H19NO2. The SMILES string of the molecule is CCN(CC)c1ccc(C(=O)C(=O)c2ccccc2)cc1. The molecule has 3 heteroatoms. The van der Waals surface area contributed by atoms with Gasteiger partial charge in [0.25, 0.3) is 0 Å². The highest BCUT2D eigenvalue weighted by molar-refractivity contribution is 6.49. The van der Waals surface area contributed by atoms with Crippen LogP contribution < -0.4 is 4.90 Å². The molecule has 0 saturated carbocycles. The van der Waals surface area contributed by atoms with Crippen molar-refractivity contribution in [1.82, 2.24) is 0 Å². The Balaban J connectivity index is 2.19. The lowest BCUT2D eigenvalue weighted by atomic mass is 10.0. The van der Waals surface area contributed by atoms with E-state index in [0.29, 0.717) is 11.1 Å². The van der Waals surface area contributed by atoms with E-state index in [0.717, 1.165) is 18.8 Å². The second-order valence-electron chi connectivity index (χ2n) is 4.74. The van der Waals surface area contributed by atoms with E-state index >= 15 is 0 Å². The number of carbonyl (C=O) groups is 2. The van der Waals surface area contributed by atoms with Crippen LogP contribution in [0.3, 0.4) is 0 Å². The van der Waals surface area contributed by atoms with Crippen LogP contribution in [0, 0.1) is 0 Å². The maximum Gasteiger partial charge on any atom is 0.233 e. The zero-order chi connectivity index (χ0) is 15.2. The lowest BCUT2D eigenvalue weighted by molar-refractivity contribution is 0.0817. The number of rotatable bonds is 6. The molecule has 0 aromatic heterocycles. The summed E-state index contributed by atoms with van der Waals surface area (Å²) in [6.07, 6.45) is 0. The third-order valence-electron chi connectivity index (χ3n) is 3.50. The lowest BCUT2D eigenvalue weighted by Gasteiger charge is -2.20. The van der Waals surface area contributed by atoms with E-state index in [1.54, 1.807) is 36.4 Å². The van der Waals surface area contributed by atoms with Crippen LogP contribution in [0.15, 0.2) is 54.6 Å².